The van der Waals surface area contributed by atoms with Crippen LogP contribution in [0.1, 0.15) is 92.5 Å². The molecule has 52 heavy (non-hydrogen) atoms. The number of aryl methyl sites for hydroxylation is 2. The molecule has 0 saturated heterocycles. The monoisotopic (exact) mass is 892 g/mol. The molecule has 3 aromatic heterocycles. The number of aliphatic hydroxyl groups is 1. The van der Waals surface area contributed by atoms with Gasteiger partial charge in [0.1, 0.15) is 7.67 Å². The molecule has 0 aliphatic heterocycles. The maximum Gasteiger partial charge on any atom is 0.162 e. The number of rotatable bonds is 10. The Morgan fingerprint density at radius 2 is 1.56 bits per heavy atom. The van der Waals surface area contributed by atoms with Gasteiger partial charge in [0.2, 0.25) is 0 Å². The standard InChI is InChI=1S/C32H28N3S.C13H24O2.Ir/c1-19-12-23(13-20(2)35-19)27-16-24(15-22-8-6-7-9-25(22)27)29-31-30(34-18-33-29)26-11-10-21(14-28(26)36-31)17-32(3,4)5;1-5-10(6-2)12(14)9-13(15)11(7-3)8-4;/h6-14,16,18H,17H2,1-5H3;9-11,14H,5-8H2,1-4H3;/q-1;;/b;12-9-;/i18D;;. The maximum atomic E-state index is 11.7. The van der Waals surface area contributed by atoms with Gasteiger partial charge in [0.05, 0.1) is 11.3 Å². The van der Waals surface area contributed by atoms with Crippen LogP contribution in [0.3, 0.4) is 0 Å². The molecule has 0 aliphatic carbocycles. The van der Waals surface area contributed by atoms with Crippen molar-refractivity contribution in [3.8, 4) is 22.4 Å². The van der Waals surface area contributed by atoms with E-state index in [2.05, 4.69) is 96.4 Å². The van der Waals surface area contributed by atoms with Crippen LogP contribution < -0.4 is 0 Å². The number of hydrogen-bond donors (Lipinski definition) is 1. The summed E-state index contributed by atoms with van der Waals surface area (Å²) in [5.74, 6) is 0.547. The fraction of sp³-hybridized carbons (Fsp3) is 0.378. The first kappa shape index (κ1) is 39.4. The van der Waals surface area contributed by atoms with E-state index in [0.717, 1.165) is 92.3 Å². The molecule has 0 spiro atoms. The van der Waals surface area contributed by atoms with Crippen molar-refractivity contribution in [2.24, 2.45) is 17.3 Å². The third kappa shape index (κ3) is 9.60. The molecule has 3 heterocycles. The summed E-state index contributed by atoms with van der Waals surface area (Å²) in [6, 6.07) is 25.0. The smallest absolute Gasteiger partial charge is 0.162 e. The number of thiophene rings is 1. The Morgan fingerprint density at radius 3 is 2.19 bits per heavy atom. The summed E-state index contributed by atoms with van der Waals surface area (Å²) >= 11 is 1.71. The van der Waals surface area contributed by atoms with Gasteiger partial charge in [-0.1, -0.05) is 95.3 Å². The molecule has 3 aromatic carbocycles. The Bertz CT molecular complexity index is 2230. The molecule has 7 heteroatoms. The molecular formula is C45H52IrN3O2S-. The van der Waals surface area contributed by atoms with E-state index in [1.807, 2.05) is 47.6 Å². The molecule has 6 aromatic rings. The SMILES string of the molecule is CCC(CC)C(=O)/C=C(\O)C(CC)CC.[2H]c1nc(-c2[c-]c3ccccc3c(-c3cc(C)nc(C)c3)c2)c2sc3cc(CC(C)(C)C)ccc3c2n1.[Ir]. The van der Waals surface area contributed by atoms with Gasteiger partial charge >= 0.3 is 0 Å². The number of carbonyl (C=O) groups excluding carboxylic acids is 1. The van der Waals surface area contributed by atoms with E-state index in [1.165, 1.54) is 16.3 Å². The topological polar surface area (TPSA) is 76.0 Å². The summed E-state index contributed by atoms with van der Waals surface area (Å²) in [7, 11) is 0. The summed E-state index contributed by atoms with van der Waals surface area (Å²) in [5.41, 5.74) is 8.23. The van der Waals surface area contributed by atoms with Crippen LogP contribution in [0, 0.1) is 37.2 Å². The largest absolute Gasteiger partial charge is 0.512 e. The maximum absolute atomic E-state index is 11.7. The second-order valence-electron chi connectivity index (χ2n) is 14.8. The Balaban J connectivity index is 0.000000335. The van der Waals surface area contributed by atoms with Gasteiger partial charge in [-0.05, 0) is 80.7 Å². The first-order chi connectivity index (χ1) is 24.7. The van der Waals surface area contributed by atoms with Crippen LogP contribution >= 0.6 is 11.3 Å². The van der Waals surface area contributed by atoms with Gasteiger partial charge in [-0.3, -0.25) is 14.8 Å². The van der Waals surface area contributed by atoms with Gasteiger partial charge in [0, 0.05) is 69.9 Å². The van der Waals surface area contributed by atoms with Crippen LogP contribution in [0.4, 0.5) is 0 Å². The van der Waals surface area contributed by atoms with Crippen molar-refractivity contribution in [1.29, 1.82) is 0 Å². The van der Waals surface area contributed by atoms with Crippen LogP contribution in [0.15, 0.2) is 78.8 Å². The molecule has 1 N–H and O–H groups in total. The van der Waals surface area contributed by atoms with Gasteiger partial charge in [0.25, 0.3) is 0 Å². The number of aromatic nitrogens is 3. The summed E-state index contributed by atoms with van der Waals surface area (Å²) in [6.07, 6.45) is 5.94. The minimum Gasteiger partial charge on any atom is -0.512 e. The molecule has 0 saturated carbocycles. The minimum absolute atomic E-state index is 0. The Labute approximate surface area is 328 Å². The van der Waals surface area contributed by atoms with E-state index in [-0.39, 0.29) is 55.2 Å². The quantitative estimate of drug-likeness (QED) is 0.0842. The third-order valence-corrected chi connectivity index (χ3v) is 10.7. The zero-order chi connectivity index (χ0) is 37.7. The van der Waals surface area contributed by atoms with Gasteiger partial charge in [-0.25, -0.2) is 4.98 Å². The van der Waals surface area contributed by atoms with Crippen molar-refractivity contribution in [2.45, 2.75) is 94.4 Å². The molecule has 0 amide bonds. The number of hydrogen-bond acceptors (Lipinski definition) is 6. The summed E-state index contributed by atoms with van der Waals surface area (Å²) in [4.78, 5) is 25.5. The number of pyridine rings is 1. The van der Waals surface area contributed by atoms with Crippen molar-refractivity contribution >= 4 is 48.2 Å². The van der Waals surface area contributed by atoms with E-state index in [0.29, 0.717) is 0 Å². The van der Waals surface area contributed by atoms with Gasteiger partial charge in [0.15, 0.2) is 5.78 Å². The van der Waals surface area contributed by atoms with E-state index in [1.54, 1.807) is 11.3 Å². The number of fused-ring (bicyclic) bond motifs is 4. The molecule has 0 unspecified atom stereocenters. The summed E-state index contributed by atoms with van der Waals surface area (Å²) in [6.45, 7) is 18.9. The number of benzene rings is 3. The van der Waals surface area contributed by atoms with Crippen LogP contribution in [0.25, 0.3) is 53.5 Å². The van der Waals surface area contributed by atoms with Crippen LogP contribution in [-0.4, -0.2) is 25.8 Å². The van der Waals surface area contributed by atoms with Crippen molar-refractivity contribution < 1.29 is 31.4 Å². The fourth-order valence-corrected chi connectivity index (χ4v) is 8.06. The third-order valence-electron chi connectivity index (χ3n) is 9.51. The normalized spacial score (nSPS) is 12.3. The number of nitrogens with zero attached hydrogens (tertiary/aromatic N) is 3. The number of allylic oxidation sites excluding steroid dienone is 2. The van der Waals surface area contributed by atoms with E-state index in [4.69, 9.17) is 1.37 Å². The molecule has 0 aliphatic rings. The number of aliphatic hydroxyl groups excluding tert-OH is 1. The van der Waals surface area contributed by atoms with Gasteiger partial charge < -0.3 is 5.11 Å². The minimum atomic E-state index is 0. The summed E-state index contributed by atoms with van der Waals surface area (Å²) < 4.78 is 10.6. The van der Waals surface area contributed by atoms with Crippen molar-refractivity contribution in [2.75, 3.05) is 0 Å². The van der Waals surface area contributed by atoms with Gasteiger partial charge in [-0.2, -0.15) is 0 Å². The molecule has 1 radical (unpaired) electrons. The molecule has 275 valence electrons. The first-order valence-electron chi connectivity index (χ1n) is 18.8. The van der Waals surface area contributed by atoms with E-state index < -0.39 is 0 Å². The number of ketones is 1. The average molecular weight is 892 g/mol. The Kier molecular flexibility index (Phi) is 13.5. The van der Waals surface area contributed by atoms with E-state index >= 15 is 0 Å². The predicted octanol–water partition coefficient (Wildman–Crippen LogP) is 12.6. The Hall–Kier alpha value is -3.77. The second-order valence-corrected chi connectivity index (χ2v) is 15.9. The van der Waals surface area contributed by atoms with Crippen LogP contribution in [0.2, 0.25) is 0 Å². The van der Waals surface area contributed by atoms with Crippen molar-refractivity contribution in [3.63, 3.8) is 0 Å². The van der Waals surface area contributed by atoms with E-state index in [9.17, 15) is 9.90 Å². The molecule has 6 rings (SSSR count). The zero-order valence-electron chi connectivity index (χ0n) is 33.0. The molecule has 5 nitrogen and oxygen atoms in total. The first-order valence-corrected chi connectivity index (χ1v) is 19.1. The average Bonchev–Trinajstić information content (AvgIpc) is 3.45. The van der Waals surface area contributed by atoms with Crippen molar-refractivity contribution in [3.05, 3.63) is 102 Å². The molecular weight excluding hydrogens is 839 g/mol. The molecule has 0 bridgehead atoms. The second kappa shape index (κ2) is 17.8. The molecule has 0 fully saturated rings. The van der Waals surface area contributed by atoms with Gasteiger partial charge in [-0.15, -0.1) is 34.9 Å². The molecule has 0 atom stereocenters. The fourth-order valence-electron chi connectivity index (χ4n) is 6.85. The summed E-state index contributed by atoms with van der Waals surface area (Å²) in [5, 5.41) is 13.0. The van der Waals surface area contributed by atoms with Crippen LogP contribution in [0.5, 0.6) is 0 Å². The Morgan fingerprint density at radius 1 is 0.904 bits per heavy atom. The van der Waals surface area contributed by atoms with Crippen molar-refractivity contribution in [1.82, 2.24) is 15.0 Å². The predicted molar refractivity (Wildman–Crippen MR) is 216 cm³/mol. The number of carbonyl (C=O) groups is 1. The zero-order valence-corrected chi connectivity index (χ0v) is 35.2. The van der Waals surface area contributed by atoms with Crippen LogP contribution in [-0.2, 0) is 31.3 Å².